The molecular weight excluding hydrogens is 731 g/mol. The molecule has 0 bridgehead atoms. The number of fused-ring (bicyclic) bond motifs is 7. The van der Waals surface area contributed by atoms with Crippen LogP contribution in [0.1, 0.15) is 22.3 Å². The van der Waals surface area contributed by atoms with Crippen molar-refractivity contribution in [3.05, 3.63) is 235 Å². The van der Waals surface area contributed by atoms with Crippen LogP contribution in [0.5, 0.6) is 0 Å². The second-order valence-electron chi connectivity index (χ2n) is 15.4. The molecule has 0 atom stereocenters. The fraction of sp³-hybridized carbons (Fsp3) is 0.0179. The van der Waals surface area contributed by atoms with E-state index in [1.807, 2.05) is 18.2 Å². The molecule has 0 radical (unpaired) electrons. The molecule has 4 nitrogen and oxygen atoms in total. The minimum atomic E-state index is -0.565. The molecule has 0 N–H and O–H groups in total. The minimum absolute atomic E-state index is 0.550. The quantitative estimate of drug-likeness (QED) is 0.169. The first-order chi connectivity index (χ1) is 29.8. The van der Waals surface area contributed by atoms with Crippen LogP contribution in [0, 0.1) is 0 Å². The highest BCUT2D eigenvalue weighted by atomic mass is 16.3. The first kappa shape index (κ1) is 34.1. The summed E-state index contributed by atoms with van der Waals surface area (Å²) >= 11 is 0. The Hall–Kier alpha value is -7.95. The van der Waals surface area contributed by atoms with E-state index in [-0.39, 0.29) is 0 Å². The van der Waals surface area contributed by atoms with Crippen molar-refractivity contribution in [1.82, 2.24) is 15.0 Å². The van der Waals surface area contributed by atoms with Gasteiger partial charge in [-0.05, 0) is 73.5 Å². The molecule has 11 aromatic rings. The lowest BCUT2D eigenvalue weighted by Crippen LogP contribution is -2.28. The summed E-state index contributed by atoms with van der Waals surface area (Å²) in [6, 6.07) is 75.1. The largest absolute Gasteiger partial charge is 0.455 e. The number of para-hydroxylation sites is 2. The molecule has 0 fully saturated rings. The highest BCUT2D eigenvalue weighted by molar-refractivity contribution is 6.09. The Bertz CT molecular complexity index is 3400. The lowest BCUT2D eigenvalue weighted by atomic mass is 9.67. The second-order valence-corrected chi connectivity index (χ2v) is 15.4. The van der Waals surface area contributed by atoms with E-state index in [0.717, 1.165) is 49.8 Å². The van der Waals surface area contributed by atoms with Gasteiger partial charge in [-0.1, -0.05) is 194 Å². The molecule has 0 aliphatic heterocycles. The van der Waals surface area contributed by atoms with Crippen molar-refractivity contribution in [3.63, 3.8) is 0 Å². The molecule has 0 saturated carbocycles. The summed E-state index contributed by atoms with van der Waals surface area (Å²) in [5.74, 6) is 1.73. The molecule has 280 valence electrons. The van der Waals surface area contributed by atoms with Gasteiger partial charge < -0.3 is 4.42 Å². The monoisotopic (exact) mass is 765 g/mol. The predicted molar refractivity (Wildman–Crippen MR) is 244 cm³/mol. The zero-order chi connectivity index (χ0) is 39.6. The zero-order valence-electron chi connectivity index (χ0n) is 32.5. The number of hydrogen-bond donors (Lipinski definition) is 0. The van der Waals surface area contributed by atoms with Gasteiger partial charge in [-0.25, -0.2) is 15.0 Å². The number of benzene rings is 9. The normalized spacial score (nSPS) is 12.8. The first-order valence-corrected chi connectivity index (χ1v) is 20.4. The third-order valence-electron chi connectivity index (χ3n) is 12.2. The standard InChI is InChI=1S/C56H35N3O/c1-3-19-38(20-4-1)56(39-21-5-2-6-22-39)49-31-13-11-25-43(49)44-34-33-37(35-50(44)56)53-57-54(47-27-10-9-24-42(47)41-28-15-18-36-17-7-8-23-40(36)41)59-55(58-53)48-30-16-29-46-45-26-12-14-32-51(45)60-52(46)48/h1-35H. The van der Waals surface area contributed by atoms with Gasteiger partial charge in [-0.3, -0.25) is 0 Å². The highest BCUT2D eigenvalue weighted by Crippen LogP contribution is 2.56. The number of hydrogen-bond acceptors (Lipinski definition) is 4. The Morgan fingerprint density at radius 3 is 1.67 bits per heavy atom. The summed E-state index contributed by atoms with van der Waals surface area (Å²) in [5.41, 5.74) is 13.1. The summed E-state index contributed by atoms with van der Waals surface area (Å²) in [6.07, 6.45) is 0. The fourth-order valence-electron chi connectivity index (χ4n) is 9.63. The van der Waals surface area contributed by atoms with Crippen LogP contribution in [0.4, 0.5) is 0 Å². The number of aromatic nitrogens is 3. The van der Waals surface area contributed by atoms with E-state index in [0.29, 0.717) is 17.5 Å². The van der Waals surface area contributed by atoms with Crippen LogP contribution in [0.25, 0.3) is 89.1 Å². The lowest BCUT2D eigenvalue weighted by molar-refractivity contribution is 0.669. The van der Waals surface area contributed by atoms with Crippen LogP contribution in [-0.2, 0) is 5.41 Å². The molecule has 12 rings (SSSR count). The van der Waals surface area contributed by atoms with Gasteiger partial charge in [-0.15, -0.1) is 0 Å². The van der Waals surface area contributed by atoms with Gasteiger partial charge >= 0.3 is 0 Å². The van der Waals surface area contributed by atoms with Crippen molar-refractivity contribution in [2.24, 2.45) is 0 Å². The molecule has 2 heterocycles. The van der Waals surface area contributed by atoms with Gasteiger partial charge in [0.2, 0.25) is 0 Å². The van der Waals surface area contributed by atoms with Crippen LogP contribution >= 0.6 is 0 Å². The van der Waals surface area contributed by atoms with E-state index in [9.17, 15) is 0 Å². The van der Waals surface area contributed by atoms with Crippen molar-refractivity contribution in [2.45, 2.75) is 5.41 Å². The topological polar surface area (TPSA) is 51.8 Å². The van der Waals surface area contributed by atoms with Crippen molar-refractivity contribution in [1.29, 1.82) is 0 Å². The number of rotatable bonds is 6. The SMILES string of the molecule is c1ccc(C2(c3ccccc3)c3ccccc3-c3ccc(-c4nc(-c5ccccc5-c5cccc6ccccc56)nc(-c5cccc6c5oc5ccccc56)n4)cc32)cc1. The summed E-state index contributed by atoms with van der Waals surface area (Å²) in [7, 11) is 0. The predicted octanol–water partition coefficient (Wildman–Crippen LogP) is 14.0. The second kappa shape index (κ2) is 13.6. The molecule has 0 saturated heterocycles. The number of furan rings is 1. The minimum Gasteiger partial charge on any atom is -0.455 e. The van der Waals surface area contributed by atoms with E-state index < -0.39 is 5.41 Å². The van der Waals surface area contributed by atoms with E-state index in [4.69, 9.17) is 19.4 Å². The average molecular weight is 766 g/mol. The summed E-state index contributed by atoms with van der Waals surface area (Å²) in [6.45, 7) is 0. The molecule has 0 unspecified atom stereocenters. The van der Waals surface area contributed by atoms with E-state index in [2.05, 4.69) is 194 Å². The van der Waals surface area contributed by atoms with Crippen LogP contribution in [0.3, 0.4) is 0 Å². The molecular formula is C56H35N3O. The Labute approximate surface area is 347 Å². The van der Waals surface area contributed by atoms with Gasteiger partial charge in [0.05, 0.1) is 11.0 Å². The maximum Gasteiger partial charge on any atom is 0.167 e. The third kappa shape index (κ3) is 5.14. The molecule has 0 amide bonds. The van der Waals surface area contributed by atoms with Crippen molar-refractivity contribution < 1.29 is 4.42 Å². The molecule has 1 aliphatic rings. The van der Waals surface area contributed by atoms with E-state index >= 15 is 0 Å². The molecule has 0 spiro atoms. The van der Waals surface area contributed by atoms with Gasteiger partial charge in [0.15, 0.2) is 17.5 Å². The zero-order valence-corrected chi connectivity index (χ0v) is 32.5. The molecule has 1 aliphatic carbocycles. The Morgan fingerprint density at radius 1 is 0.333 bits per heavy atom. The lowest BCUT2D eigenvalue weighted by Gasteiger charge is -2.34. The van der Waals surface area contributed by atoms with Gasteiger partial charge in [0.25, 0.3) is 0 Å². The first-order valence-electron chi connectivity index (χ1n) is 20.4. The maximum atomic E-state index is 6.59. The Balaban J connectivity index is 1.13. The van der Waals surface area contributed by atoms with Crippen LogP contribution in [0.2, 0.25) is 0 Å². The molecule has 9 aromatic carbocycles. The van der Waals surface area contributed by atoms with Gasteiger partial charge in [-0.2, -0.15) is 0 Å². The maximum absolute atomic E-state index is 6.59. The molecule has 2 aromatic heterocycles. The van der Waals surface area contributed by atoms with Crippen molar-refractivity contribution in [3.8, 4) is 56.4 Å². The molecule has 60 heavy (non-hydrogen) atoms. The van der Waals surface area contributed by atoms with E-state index in [1.165, 1.54) is 44.2 Å². The van der Waals surface area contributed by atoms with Crippen molar-refractivity contribution in [2.75, 3.05) is 0 Å². The summed E-state index contributed by atoms with van der Waals surface area (Å²) in [5, 5.41) is 4.43. The van der Waals surface area contributed by atoms with Crippen molar-refractivity contribution >= 4 is 32.7 Å². The van der Waals surface area contributed by atoms with Crippen LogP contribution in [0.15, 0.2) is 217 Å². The fourth-order valence-corrected chi connectivity index (χ4v) is 9.63. The van der Waals surface area contributed by atoms with Gasteiger partial charge in [0.1, 0.15) is 11.2 Å². The molecule has 4 heteroatoms. The average Bonchev–Trinajstić information content (AvgIpc) is 3.86. The highest BCUT2D eigenvalue weighted by Gasteiger charge is 2.46. The summed E-state index contributed by atoms with van der Waals surface area (Å²) < 4.78 is 6.59. The summed E-state index contributed by atoms with van der Waals surface area (Å²) in [4.78, 5) is 16.1. The smallest absolute Gasteiger partial charge is 0.167 e. The van der Waals surface area contributed by atoms with Crippen LogP contribution < -0.4 is 0 Å². The Kier molecular flexibility index (Phi) is 7.72. The van der Waals surface area contributed by atoms with E-state index in [1.54, 1.807) is 0 Å². The Morgan fingerprint density at radius 2 is 0.867 bits per heavy atom. The number of nitrogens with zero attached hydrogens (tertiary/aromatic N) is 3. The van der Waals surface area contributed by atoms with Gasteiger partial charge in [0, 0.05) is 21.9 Å². The van der Waals surface area contributed by atoms with Crippen LogP contribution in [-0.4, -0.2) is 15.0 Å². The third-order valence-corrected chi connectivity index (χ3v) is 12.2.